The summed E-state index contributed by atoms with van der Waals surface area (Å²) in [5.41, 5.74) is 5.31. The molecule has 0 radical (unpaired) electrons. The van der Waals surface area contributed by atoms with Gasteiger partial charge in [0.15, 0.2) is 17.5 Å². The first-order chi connectivity index (χ1) is 22.3. The van der Waals surface area contributed by atoms with Crippen LogP contribution in [0.15, 0.2) is 152 Å². The predicted molar refractivity (Wildman–Crippen MR) is 189 cm³/mol. The van der Waals surface area contributed by atoms with Gasteiger partial charge in [-0.05, 0) is 44.8 Å². The van der Waals surface area contributed by atoms with E-state index in [-0.39, 0.29) is 0 Å². The van der Waals surface area contributed by atoms with E-state index >= 15 is 0 Å². The predicted octanol–water partition coefficient (Wildman–Crippen LogP) is 11.2. The number of aromatic nitrogens is 3. The van der Waals surface area contributed by atoms with Crippen LogP contribution in [-0.2, 0) is 0 Å². The Morgan fingerprint density at radius 2 is 0.956 bits per heavy atom. The number of benzene rings is 7. The van der Waals surface area contributed by atoms with E-state index in [0.29, 0.717) is 17.5 Å². The summed E-state index contributed by atoms with van der Waals surface area (Å²) >= 11 is 1.83. The van der Waals surface area contributed by atoms with Gasteiger partial charge in [-0.1, -0.05) is 140 Å². The summed E-state index contributed by atoms with van der Waals surface area (Å²) in [5.74, 6) is 2.00. The fourth-order valence-corrected chi connectivity index (χ4v) is 7.62. The van der Waals surface area contributed by atoms with Crippen molar-refractivity contribution in [3.63, 3.8) is 0 Å². The fourth-order valence-electron chi connectivity index (χ4n) is 6.35. The van der Waals surface area contributed by atoms with Crippen LogP contribution in [0.2, 0.25) is 0 Å². The molecule has 9 aromatic rings. The SMILES string of the molecule is c1ccc(-c2nc(-c3ccc(-c4cccc5ccccc45)cc3)nc(-c3cc4ccccc4c4sc5ccccc5c34)n2)cc1. The molecule has 0 unspecified atom stereocenters. The van der Waals surface area contributed by atoms with Gasteiger partial charge in [0.05, 0.1) is 0 Å². The third-order valence-corrected chi connectivity index (χ3v) is 9.73. The maximum atomic E-state index is 5.18. The largest absolute Gasteiger partial charge is 0.208 e. The Balaban J connectivity index is 1.26. The van der Waals surface area contributed by atoms with Crippen LogP contribution in [0, 0.1) is 0 Å². The molecular weight excluding hydrogens is 567 g/mol. The number of fused-ring (bicyclic) bond motifs is 6. The molecule has 45 heavy (non-hydrogen) atoms. The zero-order valence-corrected chi connectivity index (χ0v) is 25.0. The minimum absolute atomic E-state index is 0.657. The van der Waals surface area contributed by atoms with Crippen molar-refractivity contribution in [3.8, 4) is 45.3 Å². The first-order valence-electron chi connectivity index (χ1n) is 15.0. The maximum Gasteiger partial charge on any atom is 0.164 e. The van der Waals surface area contributed by atoms with E-state index in [1.165, 1.54) is 47.3 Å². The molecule has 0 aliphatic rings. The lowest BCUT2D eigenvalue weighted by atomic mass is 9.97. The smallest absolute Gasteiger partial charge is 0.164 e. The molecule has 4 heteroatoms. The average Bonchev–Trinajstić information content (AvgIpc) is 3.51. The highest BCUT2D eigenvalue weighted by atomic mass is 32.1. The summed E-state index contributed by atoms with van der Waals surface area (Å²) in [6.45, 7) is 0. The highest BCUT2D eigenvalue weighted by Crippen LogP contribution is 2.44. The van der Waals surface area contributed by atoms with Gasteiger partial charge in [0.2, 0.25) is 0 Å². The molecule has 2 heterocycles. The molecule has 0 amide bonds. The Morgan fingerprint density at radius 3 is 1.76 bits per heavy atom. The molecular formula is C41H25N3S. The van der Waals surface area contributed by atoms with Crippen LogP contribution in [0.4, 0.5) is 0 Å². The van der Waals surface area contributed by atoms with Crippen LogP contribution in [0.25, 0.3) is 87.0 Å². The van der Waals surface area contributed by atoms with Gasteiger partial charge < -0.3 is 0 Å². The van der Waals surface area contributed by atoms with E-state index in [1.807, 2.05) is 29.5 Å². The molecule has 0 bridgehead atoms. The number of rotatable bonds is 4. The van der Waals surface area contributed by atoms with Crippen molar-refractivity contribution in [2.75, 3.05) is 0 Å². The normalized spacial score (nSPS) is 11.6. The molecule has 0 aliphatic carbocycles. The topological polar surface area (TPSA) is 38.7 Å². The zero-order valence-electron chi connectivity index (χ0n) is 24.2. The molecule has 2 aromatic heterocycles. The third kappa shape index (κ3) is 4.38. The lowest BCUT2D eigenvalue weighted by Gasteiger charge is -2.12. The minimum atomic E-state index is 0.657. The van der Waals surface area contributed by atoms with Gasteiger partial charge in [-0.15, -0.1) is 11.3 Å². The van der Waals surface area contributed by atoms with Crippen molar-refractivity contribution < 1.29 is 0 Å². The quantitative estimate of drug-likeness (QED) is 0.204. The lowest BCUT2D eigenvalue weighted by molar-refractivity contribution is 1.08. The minimum Gasteiger partial charge on any atom is -0.208 e. The second-order valence-electron chi connectivity index (χ2n) is 11.2. The van der Waals surface area contributed by atoms with Crippen molar-refractivity contribution in [1.82, 2.24) is 15.0 Å². The summed E-state index contributed by atoms with van der Waals surface area (Å²) in [5, 5.41) is 7.31. The van der Waals surface area contributed by atoms with Crippen molar-refractivity contribution in [2.24, 2.45) is 0 Å². The summed E-state index contributed by atoms with van der Waals surface area (Å²) < 4.78 is 2.51. The Kier molecular flexibility index (Phi) is 6.00. The number of hydrogen-bond donors (Lipinski definition) is 0. The van der Waals surface area contributed by atoms with Crippen LogP contribution in [0.3, 0.4) is 0 Å². The Bertz CT molecular complexity index is 2530. The monoisotopic (exact) mass is 591 g/mol. The van der Waals surface area contributed by atoms with Gasteiger partial charge in [-0.2, -0.15) is 0 Å². The maximum absolute atomic E-state index is 5.18. The highest BCUT2D eigenvalue weighted by molar-refractivity contribution is 7.26. The van der Waals surface area contributed by atoms with E-state index in [2.05, 4.69) is 133 Å². The summed E-state index contributed by atoms with van der Waals surface area (Å²) in [7, 11) is 0. The first kappa shape index (κ1) is 25.8. The molecule has 0 aliphatic heterocycles. The molecule has 0 saturated carbocycles. The number of hydrogen-bond acceptors (Lipinski definition) is 4. The van der Waals surface area contributed by atoms with Crippen molar-refractivity contribution >= 4 is 53.1 Å². The van der Waals surface area contributed by atoms with E-state index < -0.39 is 0 Å². The second-order valence-corrected chi connectivity index (χ2v) is 12.3. The van der Waals surface area contributed by atoms with Gasteiger partial charge in [0.1, 0.15) is 0 Å². The zero-order chi connectivity index (χ0) is 29.7. The van der Waals surface area contributed by atoms with Gasteiger partial charge in [-0.25, -0.2) is 15.0 Å². The Morgan fingerprint density at radius 1 is 0.378 bits per heavy atom. The molecule has 3 nitrogen and oxygen atoms in total. The van der Waals surface area contributed by atoms with Gasteiger partial charge >= 0.3 is 0 Å². The second kappa shape index (κ2) is 10.5. The highest BCUT2D eigenvalue weighted by Gasteiger charge is 2.19. The fraction of sp³-hybridized carbons (Fsp3) is 0. The van der Waals surface area contributed by atoms with Crippen molar-refractivity contribution in [1.29, 1.82) is 0 Å². The summed E-state index contributed by atoms with van der Waals surface area (Å²) in [4.78, 5) is 15.3. The van der Waals surface area contributed by atoms with Gasteiger partial charge in [0.25, 0.3) is 0 Å². The van der Waals surface area contributed by atoms with E-state index in [0.717, 1.165) is 22.3 Å². The molecule has 0 spiro atoms. The molecule has 7 aromatic carbocycles. The Hall–Kier alpha value is -5.71. The van der Waals surface area contributed by atoms with Crippen LogP contribution in [0.1, 0.15) is 0 Å². The average molecular weight is 592 g/mol. The first-order valence-corrected chi connectivity index (χ1v) is 15.9. The standard InChI is InChI=1S/C41H25N3S/c1-2-12-28(13-3-1)39-42-40(29-23-21-27(22-24-29)32-19-10-15-26-11-4-6-16-31(26)32)44-41(43-39)35-25-30-14-5-7-17-33(30)38-37(35)34-18-8-9-20-36(34)45-38/h1-25H. The van der Waals surface area contributed by atoms with Crippen molar-refractivity contribution in [3.05, 3.63) is 152 Å². The Labute approximate surface area is 264 Å². The summed E-state index contributed by atoms with van der Waals surface area (Å²) in [6, 6.07) is 53.2. The van der Waals surface area contributed by atoms with Crippen molar-refractivity contribution in [2.45, 2.75) is 0 Å². The van der Waals surface area contributed by atoms with Crippen LogP contribution in [-0.4, -0.2) is 15.0 Å². The van der Waals surface area contributed by atoms with E-state index in [1.54, 1.807) is 0 Å². The van der Waals surface area contributed by atoms with Gasteiger partial charge in [0, 0.05) is 36.9 Å². The van der Waals surface area contributed by atoms with Gasteiger partial charge in [-0.3, -0.25) is 0 Å². The number of thiophene rings is 1. The molecule has 210 valence electrons. The number of nitrogens with zero attached hydrogens (tertiary/aromatic N) is 3. The molecule has 0 atom stereocenters. The summed E-state index contributed by atoms with van der Waals surface area (Å²) in [6.07, 6.45) is 0. The molecule has 9 rings (SSSR count). The lowest BCUT2D eigenvalue weighted by Crippen LogP contribution is -2.00. The molecule has 0 N–H and O–H groups in total. The third-order valence-electron chi connectivity index (χ3n) is 8.52. The molecule has 0 fully saturated rings. The van der Waals surface area contributed by atoms with Crippen LogP contribution < -0.4 is 0 Å². The van der Waals surface area contributed by atoms with Crippen LogP contribution >= 0.6 is 11.3 Å². The van der Waals surface area contributed by atoms with E-state index in [9.17, 15) is 0 Å². The molecule has 0 saturated heterocycles. The van der Waals surface area contributed by atoms with Crippen LogP contribution in [0.5, 0.6) is 0 Å². The van der Waals surface area contributed by atoms with E-state index in [4.69, 9.17) is 15.0 Å².